The van der Waals surface area contributed by atoms with E-state index in [2.05, 4.69) is 13.5 Å². The molecule has 18 heteroatoms. The molecule has 0 aromatic heterocycles. The Bertz CT molecular complexity index is 1450. The number of carbonyl (C=O) groups excluding carboxylic acids is 1. The maximum Gasteiger partial charge on any atom is 0.314 e. The summed E-state index contributed by atoms with van der Waals surface area (Å²) < 4.78 is 35.1. The Kier molecular flexibility index (Phi) is 11.9. The summed E-state index contributed by atoms with van der Waals surface area (Å²) in [6.07, 6.45) is -17.7. The second kappa shape index (κ2) is 15.6. The Morgan fingerprint density at radius 3 is 1.86 bits per heavy atom. The van der Waals surface area contributed by atoms with Crippen LogP contribution in [0, 0.1) is 28.1 Å². The summed E-state index contributed by atoms with van der Waals surface area (Å²) in [5.74, 6) is -0.562. The van der Waals surface area contributed by atoms with Gasteiger partial charge >= 0.3 is 5.97 Å². The van der Waals surface area contributed by atoms with Gasteiger partial charge in [0.25, 0.3) is 0 Å². The molecule has 56 heavy (non-hydrogen) atoms. The molecule has 21 atom stereocenters. The van der Waals surface area contributed by atoms with Crippen molar-refractivity contribution in [1.82, 2.24) is 0 Å². The van der Waals surface area contributed by atoms with Gasteiger partial charge in [-0.05, 0) is 86.5 Å². The van der Waals surface area contributed by atoms with Crippen molar-refractivity contribution in [3.63, 3.8) is 0 Å². The summed E-state index contributed by atoms with van der Waals surface area (Å²) in [7, 11) is 0. The summed E-state index contributed by atoms with van der Waals surface area (Å²) in [5, 5.41) is 114. The van der Waals surface area contributed by atoms with Crippen LogP contribution in [0.3, 0.4) is 0 Å². The molecule has 3 heterocycles. The Balaban J connectivity index is 1.07. The molecule has 7 fully saturated rings. The third-order valence-corrected chi connectivity index (χ3v) is 15.0. The Morgan fingerprint density at radius 2 is 1.23 bits per heavy atom. The predicted octanol–water partition coefficient (Wildman–Crippen LogP) is -2.94. The molecular weight excluding hydrogens is 744 g/mol. The average Bonchev–Trinajstić information content (AvgIpc) is 3.37. The van der Waals surface area contributed by atoms with E-state index in [-0.39, 0.29) is 22.7 Å². The number of aliphatic hydroxyl groups is 11. The van der Waals surface area contributed by atoms with Crippen LogP contribution in [0.15, 0.2) is 12.2 Å². The lowest BCUT2D eigenvalue weighted by atomic mass is 9.41. The third-order valence-electron chi connectivity index (χ3n) is 15.0. The number of aliphatic hydroxyl groups excluding tert-OH is 11. The third kappa shape index (κ3) is 6.69. The van der Waals surface area contributed by atoms with Gasteiger partial charge in [0.2, 0.25) is 6.29 Å². The highest BCUT2D eigenvalue weighted by molar-refractivity contribution is 5.77. The van der Waals surface area contributed by atoms with E-state index in [1.807, 2.05) is 6.92 Å². The van der Waals surface area contributed by atoms with Gasteiger partial charge in [-0.25, -0.2) is 0 Å². The van der Waals surface area contributed by atoms with Crippen molar-refractivity contribution >= 4 is 5.97 Å². The smallest absolute Gasteiger partial charge is 0.314 e. The van der Waals surface area contributed by atoms with E-state index in [9.17, 15) is 61.0 Å². The molecule has 7 rings (SSSR count). The Morgan fingerprint density at radius 1 is 0.679 bits per heavy atom. The summed E-state index contributed by atoms with van der Waals surface area (Å²) in [4.78, 5) is 14.1. The van der Waals surface area contributed by atoms with E-state index < -0.39 is 129 Å². The highest BCUT2D eigenvalue weighted by Crippen LogP contribution is 2.73. The van der Waals surface area contributed by atoms with Crippen molar-refractivity contribution in [3.05, 3.63) is 12.2 Å². The Labute approximate surface area is 324 Å². The number of esters is 1. The topological polar surface area (TPSA) is 295 Å². The average molecular weight is 805 g/mol. The normalized spacial score (nSPS) is 54.6. The van der Waals surface area contributed by atoms with Crippen molar-refractivity contribution in [3.8, 4) is 0 Å². The molecule has 320 valence electrons. The summed E-state index contributed by atoms with van der Waals surface area (Å²) in [6.45, 7) is 6.50. The zero-order chi connectivity index (χ0) is 40.7. The van der Waals surface area contributed by atoms with E-state index in [4.69, 9.17) is 28.4 Å². The quantitative estimate of drug-likeness (QED) is 0.0631. The number of fused-ring (bicyclic) bond motifs is 3. The molecule has 7 aliphatic rings. The number of hydrogen-bond acceptors (Lipinski definition) is 18. The zero-order valence-corrected chi connectivity index (χ0v) is 31.8. The van der Waals surface area contributed by atoms with Crippen LogP contribution in [0.25, 0.3) is 0 Å². The highest BCUT2D eigenvalue weighted by Gasteiger charge is 2.69. The summed E-state index contributed by atoms with van der Waals surface area (Å²) in [5.41, 5.74) is -1.72. The van der Waals surface area contributed by atoms with Crippen LogP contribution in [0.4, 0.5) is 0 Å². The van der Waals surface area contributed by atoms with Crippen LogP contribution in [0.1, 0.15) is 71.6 Å². The molecule has 0 aromatic carbocycles. The first-order chi connectivity index (χ1) is 26.4. The zero-order valence-electron chi connectivity index (χ0n) is 31.8. The van der Waals surface area contributed by atoms with Gasteiger partial charge in [0.1, 0.15) is 73.2 Å². The van der Waals surface area contributed by atoms with Crippen LogP contribution in [-0.2, 0) is 33.2 Å². The van der Waals surface area contributed by atoms with Crippen LogP contribution < -0.4 is 0 Å². The fourth-order valence-corrected chi connectivity index (χ4v) is 12.0. The van der Waals surface area contributed by atoms with Gasteiger partial charge in [0.05, 0.1) is 30.8 Å². The monoisotopic (exact) mass is 804 g/mol. The minimum atomic E-state index is -1.81. The van der Waals surface area contributed by atoms with Gasteiger partial charge < -0.3 is 84.6 Å². The highest BCUT2D eigenvalue weighted by atomic mass is 16.7. The van der Waals surface area contributed by atoms with Gasteiger partial charge in [0, 0.05) is 0 Å². The van der Waals surface area contributed by atoms with E-state index in [0.29, 0.717) is 38.5 Å². The minimum absolute atomic E-state index is 0.116. The minimum Gasteiger partial charge on any atom is -0.432 e. The van der Waals surface area contributed by atoms with Crippen molar-refractivity contribution in [1.29, 1.82) is 0 Å². The molecule has 18 nitrogen and oxygen atoms in total. The van der Waals surface area contributed by atoms with Crippen molar-refractivity contribution in [2.75, 3.05) is 19.8 Å². The standard InChI is InChI=1S/C38H60O18/c1-16-11-37-9-5-20-35(2,7-4-8-36(20,3)34(50)55-32-28(48)26(46)23(43)18(13-40)52-32)21(37)6-10-38(16,15-37)56-33-29(49)30(24(44)19(14-41)53-33)54-31-27(47)25(45)22(42)17(12-39)51-31/h17-33,39-49H,1,4-15H2,2-3H3/t17?,18?,19?,20?,21-,22?,23?,24?,25?,26?,27?,28?,29?,30?,31?,32?,33?,35+,36+,37?,38?/m0/s1. The molecule has 4 saturated carbocycles. The lowest BCUT2D eigenvalue weighted by molar-refractivity contribution is -0.369. The molecule has 0 aromatic rings. The molecule has 0 amide bonds. The molecule has 4 aliphatic carbocycles. The molecule has 0 radical (unpaired) electrons. The first-order valence-corrected chi connectivity index (χ1v) is 19.9. The van der Waals surface area contributed by atoms with E-state index in [1.54, 1.807) is 0 Å². The lowest BCUT2D eigenvalue weighted by Gasteiger charge is -2.64. The first-order valence-electron chi connectivity index (χ1n) is 19.9. The van der Waals surface area contributed by atoms with Crippen LogP contribution in [0.2, 0.25) is 0 Å². The van der Waals surface area contributed by atoms with Crippen molar-refractivity contribution < 1.29 is 89.4 Å². The molecule has 2 bridgehead atoms. The first kappa shape index (κ1) is 42.7. The largest absolute Gasteiger partial charge is 0.432 e. The van der Waals surface area contributed by atoms with Gasteiger partial charge in [-0.1, -0.05) is 19.9 Å². The fourth-order valence-electron chi connectivity index (χ4n) is 12.0. The van der Waals surface area contributed by atoms with E-state index in [1.165, 1.54) is 0 Å². The van der Waals surface area contributed by atoms with Crippen LogP contribution in [0.5, 0.6) is 0 Å². The maximum absolute atomic E-state index is 14.1. The molecule has 1 spiro atoms. The number of rotatable bonds is 9. The van der Waals surface area contributed by atoms with Gasteiger partial charge in [-0.2, -0.15) is 0 Å². The summed E-state index contributed by atoms with van der Waals surface area (Å²) >= 11 is 0. The second-order valence-corrected chi connectivity index (χ2v) is 18.0. The predicted molar refractivity (Wildman–Crippen MR) is 186 cm³/mol. The second-order valence-electron chi connectivity index (χ2n) is 18.0. The lowest BCUT2D eigenvalue weighted by Crippen LogP contribution is -2.65. The molecule has 3 saturated heterocycles. The van der Waals surface area contributed by atoms with Gasteiger partial charge in [-0.3, -0.25) is 4.79 Å². The number of carbonyl (C=O) groups is 1. The van der Waals surface area contributed by atoms with E-state index in [0.717, 1.165) is 24.8 Å². The van der Waals surface area contributed by atoms with Gasteiger partial charge in [0.15, 0.2) is 12.6 Å². The fraction of sp³-hybridized carbons (Fsp3) is 0.921. The van der Waals surface area contributed by atoms with E-state index >= 15 is 0 Å². The Hall–Kier alpha value is -1.43. The number of hydrogen-bond donors (Lipinski definition) is 11. The molecule has 18 unspecified atom stereocenters. The van der Waals surface area contributed by atoms with Crippen LogP contribution in [-0.4, -0.2) is 180 Å². The summed E-state index contributed by atoms with van der Waals surface area (Å²) in [6, 6.07) is 0. The molecule has 3 aliphatic heterocycles. The molecular formula is C38H60O18. The maximum atomic E-state index is 14.1. The van der Waals surface area contributed by atoms with Gasteiger partial charge in [-0.15, -0.1) is 0 Å². The number of ether oxygens (including phenoxy) is 6. The SMILES string of the molecule is C=C1CC23CCC4[C@](C)(C(=O)OC5OC(CO)C(O)C(O)C5O)CCC[C@@]4(C)[C@@H]2CCC1(OC1OC(CO)C(O)C(OC2OC(CO)C(O)C(O)C2O)C1O)C3. The van der Waals surface area contributed by atoms with Crippen molar-refractivity contribution in [2.45, 2.75) is 169 Å². The van der Waals surface area contributed by atoms with Crippen LogP contribution >= 0.6 is 0 Å². The molecule has 11 N–H and O–H groups in total. The van der Waals surface area contributed by atoms with Crippen molar-refractivity contribution in [2.24, 2.45) is 28.1 Å².